The molecule has 13 heavy (non-hydrogen) atoms. The maximum absolute atomic E-state index is 11.4. The number of rotatable bonds is 5. The molecular formula is C10H22N2O. The van der Waals surface area contributed by atoms with Crippen molar-refractivity contribution >= 4 is 5.91 Å². The molecule has 0 heterocycles. The summed E-state index contributed by atoms with van der Waals surface area (Å²) in [5, 5.41) is 3.02. The fraction of sp³-hybridized carbons (Fsp3) is 0.900. The van der Waals surface area contributed by atoms with Crippen LogP contribution in [0.4, 0.5) is 0 Å². The maximum Gasteiger partial charge on any atom is 0.237 e. The van der Waals surface area contributed by atoms with Crippen molar-refractivity contribution in [3.8, 4) is 0 Å². The Labute approximate surface area is 81.1 Å². The minimum atomic E-state index is -0.413. The average Bonchev–Trinajstić information content (AvgIpc) is 2.14. The summed E-state index contributed by atoms with van der Waals surface area (Å²) < 4.78 is 0. The standard InChI is InChI=1S/C10H22N2O/c1-5-10(6-2,7-3)12-9(13)8(4)11/h8H,5-7,11H2,1-4H3,(H,12,13)/t8-/m1/s1. The second-order valence-electron chi connectivity index (χ2n) is 3.62. The summed E-state index contributed by atoms with van der Waals surface area (Å²) in [5.41, 5.74) is 5.44. The Balaban J connectivity index is 4.33. The summed E-state index contributed by atoms with van der Waals surface area (Å²) in [6.45, 7) is 7.98. The normalized spacial score (nSPS) is 13.9. The monoisotopic (exact) mass is 186 g/mol. The van der Waals surface area contributed by atoms with Gasteiger partial charge in [-0.2, -0.15) is 0 Å². The van der Waals surface area contributed by atoms with E-state index in [0.29, 0.717) is 0 Å². The zero-order chi connectivity index (χ0) is 10.5. The van der Waals surface area contributed by atoms with E-state index < -0.39 is 6.04 Å². The number of carbonyl (C=O) groups excluding carboxylic acids is 1. The minimum absolute atomic E-state index is 0.0504. The van der Waals surface area contributed by atoms with Gasteiger partial charge in [0.1, 0.15) is 0 Å². The lowest BCUT2D eigenvalue weighted by Crippen LogP contribution is -2.52. The van der Waals surface area contributed by atoms with Gasteiger partial charge in [0.15, 0.2) is 0 Å². The molecule has 3 N–H and O–H groups in total. The molecule has 78 valence electrons. The summed E-state index contributed by atoms with van der Waals surface area (Å²) in [4.78, 5) is 11.4. The lowest BCUT2D eigenvalue weighted by molar-refractivity contribution is -0.124. The van der Waals surface area contributed by atoms with Crippen LogP contribution >= 0.6 is 0 Å². The van der Waals surface area contributed by atoms with Crippen molar-refractivity contribution in [2.24, 2.45) is 5.73 Å². The van der Waals surface area contributed by atoms with Gasteiger partial charge < -0.3 is 11.1 Å². The molecule has 0 aromatic carbocycles. The fourth-order valence-electron chi connectivity index (χ4n) is 1.39. The van der Waals surface area contributed by atoms with Gasteiger partial charge in [0.05, 0.1) is 6.04 Å². The maximum atomic E-state index is 11.4. The molecular weight excluding hydrogens is 164 g/mol. The second kappa shape index (κ2) is 5.22. The van der Waals surface area contributed by atoms with E-state index in [-0.39, 0.29) is 11.4 Å². The molecule has 0 radical (unpaired) electrons. The number of carbonyl (C=O) groups is 1. The van der Waals surface area contributed by atoms with Gasteiger partial charge in [-0.15, -0.1) is 0 Å². The van der Waals surface area contributed by atoms with Crippen LogP contribution in [0.25, 0.3) is 0 Å². The van der Waals surface area contributed by atoms with Gasteiger partial charge in [0.2, 0.25) is 5.91 Å². The Morgan fingerprint density at radius 3 is 1.92 bits per heavy atom. The summed E-state index contributed by atoms with van der Waals surface area (Å²) >= 11 is 0. The zero-order valence-corrected chi connectivity index (χ0v) is 9.18. The molecule has 3 nitrogen and oxygen atoms in total. The first-order valence-electron chi connectivity index (χ1n) is 5.09. The van der Waals surface area contributed by atoms with Crippen LogP contribution in [0.15, 0.2) is 0 Å². The molecule has 0 unspecified atom stereocenters. The van der Waals surface area contributed by atoms with E-state index in [1.807, 2.05) is 0 Å². The van der Waals surface area contributed by atoms with Gasteiger partial charge in [-0.25, -0.2) is 0 Å². The first kappa shape index (κ1) is 12.4. The van der Waals surface area contributed by atoms with Crippen molar-refractivity contribution in [3.05, 3.63) is 0 Å². The minimum Gasteiger partial charge on any atom is -0.349 e. The molecule has 3 heteroatoms. The second-order valence-corrected chi connectivity index (χ2v) is 3.62. The molecule has 0 fully saturated rings. The third-order valence-corrected chi connectivity index (χ3v) is 2.83. The molecule has 0 spiro atoms. The average molecular weight is 186 g/mol. The smallest absolute Gasteiger partial charge is 0.237 e. The van der Waals surface area contributed by atoms with Gasteiger partial charge >= 0.3 is 0 Å². The SMILES string of the molecule is CCC(CC)(CC)NC(=O)[C@@H](C)N. The van der Waals surface area contributed by atoms with Gasteiger partial charge in [-0.1, -0.05) is 20.8 Å². The highest BCUT2D eigenvalue weighted by Crippen LogP contribution is 2.18. The summed E-state index contributed by atoms with van der Waals surface area (Å²) in [7, 11) is 0. The Morgan fingerprint density at radius 1 is 1.31 bits per heavy atom. The molecule has 0 saturated heterocycles. The lowest BCUT2D eigenvalue weighted by Gasteiger charge is -2.32. The van der Waals surface area contributed by atoms with Crippen LogP contribution in [0, 0.1) is 0 Å². The molecule has 0 aromatic rings. The van der Waals surface area contributed by atoms with Gasteiger partial charge in [0, 0.05) is 5.54 Å². The van der Waals surface area contributed by atoms with Crippen molar-refractivity contribution in [1.29, 1.82) is 0 Å². The van der Waals surface area contributed by atoms with E-state index in [1.165, 1.54) is 0 Å². The van der Waals surface area contributed by atoms with E-state index in [0.717, 1.165) is 19.3 Å². The largest absolute Gasteiger partial charge is 0.349 e. The van der Waals surface area contributed by atoms with Crippen molar-refractivity contribution < 1.29 is 4.79 Å². The van der Waals surface area contributed by atoms with Crippen molar-refractivity contribution in [2.45, 2.75) is 58.5 Å². The highest BCUT2D eigenvalue weighted by atomic mass is 16.2. The van der Waals surface area contributed by atoms with E-state index in [9.17, 15) is 4.79 Å². The first-order chi connectivity index (χ1) is 6.01. The van der Waals surface area contributed by atoms with Crippen LogP contribution in [0.1, 0.15) is 47.0 Å². The summed E-state index contributed by atoms with van der Waals surface area (Å²) in [6.07, 6.45) is 2.87. The Morgan fingerprint density at radius 2 is 1.69 bits per heavy atom. The highest BCUT2D eigenvalue weighted by Gasteiger charge is 2.26. The van der Waals surface area contributed by atoms with E-state index in [2.05, 4.69) is 26.1 Å². The zero-order valence-electron chi connectivity index (χ0n) is 9.18. The quantitative estimate of drug-likeness (QED) is 0.682. The molecule has 0 rings (SSSR count). The van der Waals surface area contributed by atoms with Crippen LogP contribution in [-0.4, -0.2) is 17.5 Å². The number of nitrogens with one attached hydrogen (secondary N) is 1. The number of hydrogen-bond acceptors (Lipinski definition) is 2. The van der Waals surface area contributed by atoms with Crippen molar-refractivity contribution in [2.75, 3.05) is 0 Å². The van der Waals surface area contributed by atoms with E-state index in [4.69, 9.17) is 5.73 Å². The third-order valence-electron chi connectivity index (χ3n) is 2.83. The van der Waals surface area contributed by atoms with Gasteiger partial charge in [-0.3, -0.25) is 4.79 Å². The van der Waals surface area contributed by atoms with E-state index >= 15 is 0 Å². The molecule has 1 atom stereocenters. The van der Waals surface area contributed by atoms with E-state index in [1.54, 1.807) is 6.92 Å². The van der Waals surface area contributed by atoms with Crippen LogP contribution in [-0.2, 0) is 4.79 Å². The topological polar surface area (TPSA) is 55.1 Å². The van der Waals surface area contributed by atoms with Crippen LogP contribution in [0.3, 0.4) is 0 Å². The van der Waals surface area contributed by atoms with Crippen molar-refractivity contribution in [1.82, 2.24) is 5.32 Å². The number of nitrogens with two attached hydrogens (primary N) is 1. The molecule has 0 aromatic heterocycles. The van der Waals surface area contributed by atoms with Crippen LogP contribution in [0.5, 0.6) is 0 Å². The number of amides is 1. The molecule has 0 bridgehead atoms. The first-order valence-corrected chi connectivity index (χ1v) is 5.09. The van der Waals surface area contributed by atoms with Crippen LogP contribution < -0.4 is 11.1 Å². The Hall–Kier alpha value is -0.570. The number of hydrogen-bond donors (Lipinski definition) is 2. The van der Waals surface area contributed by atoms with Crippen LogP contribution in [0.2, 0.25) is 0 Å². The van der Waals surface area contributed by atoms with Gasteiger partial charge in [0.25, 0.3) is 0 Å². The third kappa shape index (κ3) is 3.35. The Kier molecular flexibility index (Phi) is 4.99. The molecule has 0 aliphatic carbocycles. The van der Waals surface area contributed by atoms with Gasteiger partial charge in [-0.05, 0) is 26.2 Å². The predicted molar refractivity (Wildman–Crippen MR) is 55.4 cm³/mol. The molecule has 0 aliphatic rings. The predicted octanol–water partition coefficient (Wildman–Crippen LogP) is 1.42. The summed E-state index contributed by atoms with van der Waals surface area (Å²) in [6, 6.07) is -0.413. The molecule has 0 saturated carbocycles. The highest BCUT2D eigenvalue weighted by molar-refractivity contribution is 5.81. The lowest BCUT2D eigenvalue weighted by atomic mass is 9.89. The van der Waals surface area contributed by atoms with Crippen molar-refractivity contribution in [3.63, 3.8) is 0 Å². The summed E-state index contributed by atoms with van der Waals surface area (Å²) in [5.74, 6) is -0.0504. The molecule has 1 amide bonds. The Bertz CT molecular complexity index is 154. The fourth-order valence-corrected chi connectivity index (χ4v) is 1.39. The molecule has 0 aliphatic heterocycles.